The molecule has 4 rings (SSSR count). The summed E-state index contributed by atoms with van der Waals surface area (Å²) in [6.07, 6.45) is -5.45. The van der Waals surface area contributed by atoms with E-state index in [1.807, 2.05) is 0 Å². The van der Waals surface area contributed by atoms with Gasteiger partial charge in [0.1, 0.15) is 6.67 Å². The molecule has 1 aliphatic heterocycles. The van der Waals surface area contributed by atoms with Crippen LogP contribution in [0.5, 0.6) is 0 Å². The summed E-state index contributed by atoms with van der Waals surface area (Å²) >= 11 is 11.9. The van der Waals surface area contributed by atoms with Crippen LogP contribution in [0, 0.1) is 0 Å². The van der Waals surface area contributed by atoms with Crippen LogP contribution < -0.4 is 5.32 Å². The van der Waals surface area contributed by atoms with Gasteiger partial charge in [-0.3, -0.25) is 4.79 Å². The normalized spacial score (nSPS) is 18.2. The number of carbonyl (C=O) groups excluding carboxylic acids is 1. The number of carbonyl (C=O) groups is 1. The molecule has 1 aliphatic rings. The molecule has 1 unspecified atom stereocenters. The summed E-state index contributed by atoms with van der Waals surface area (Å²) in [5.41, 5.74) is -2.33. The molecule has 0 bridgehead atoms. The molecule has 0 aliphatic carbocycles. The van der Waals surface area contributed by atoms with Crippen molar-refractivity contribution in [3.63, 3.8) is 0 Å². The molecule has 33 heavy (non-hydrogen) atoms. The highest BCUT2D eigenvalue weighted by Gasteiger charge is 2.62. The predicted octanol–water partition coefficient (Wildman–Crippen LogP) is 6.43. The maximum Gasteiger partial charge on any atom is 0.435 e. The van der Waals surface area contributed by atoms with Crippen LogP contribution >= 0.6 is 23.2 Å². The molecular weight excluding hydrogens is 483 g/mol. The van der Waals surface area contributed by atoms with E-state index in [2.05, 4.69) is 10.5 Å². The lowest BCUT2D eigenvalue weighted by atomic mass is 9.85. The van der Waals surface area contributed by atoms with E-state index in [-0.39, 0.29) is 33.4 Å². The summed E-state index contributed by atoms with van der Waals surface area (Å²) < 4.78 is 55.3. The Balaban J connectivity index is 1.78. The highest BCUT2D eigenvalue weighted by atomic mass is 35.5. The van der Waals surface area contributed by atoms with Crippen molar-refractivity contribution >= 4 is 45.6 Å². The van der Waals surface area contributed by atoms with Gasteiger partial charge in [0.15, 0.2) is 0 Å². The summed E-state index contributed by atoms with van der Waals surface area (Å²) in [4.78, 5) is 17.5. The first-order chi connectivity index (χ1) is 15.7. The molecule has 0 aromatic heterocycles. The van der Waals surface area contributed by atoms with Crippen LogP contribution in [0.3, 0.4) is 0 Å². The minimum absolute atomic E-state index is 0.0345. The van der Waals surface area contributed by atoms with Gasteiger partial charge in [-0.1, -0.05) is 58.7 Å². The Hall–Kier alpha value is -2.84. The minimum Gasteiger partial charge on any atom is -0.374 e. The first kappa shape index (κ1) is 23.3. The lowest BCUT2D eigenvalue weighted by Crippen LogP contribution is -2.42. The smallest absolute Gasteiger partial charge is 0.374 e. The molecule has 3 aromatic rings. The van der Waals surface area contributed by atoms with Crippen LogP contribution in [-0.4, -0.2) is 31.0 Å². The standard InChI is InChI=1S/C23H16Cl2F4N2O2/c24-14-9-13(10-15(25)11-14)22(23(27,28)29)12-20(31-33-22)18-5-6-19(21(32)30-8-7-26)17-4-2-1-3-16(17)18/h1-6,9-11H,7-8,12H2,(H,30,32). The fourth-order valence-corrected chi connectivity index (χ4v) is 4.37. The molecule has 0 saturated carbocycles. The summed E-state index contributed by atoms with van der Waals surface area (Å²) in [6.45, 7) is -0.866. The SMILES string of the molecule is O=C(NCCF)c1ccc(C2=NOC(c3cc(Cl)cc(Cl)c3)(C(F)(F)F)C2)c2ccccc12. The predicted molar refractivity (Wildman–Crippen MR) is 119 cm³/mol. The third-order valence-corrected chi connectivity index (χ3v) is 5.81. The lowest BCUT2D eigenvalue weighted by Gasteiger charge is -2.29. The second kappa shape index (κ2) is 8.83. The first-order valence-corrected chi connectivity index (χ1v) is 10.6. The maximum atomic E-state index is 14.3. The van der Waals surface area contributed by atoms with Crippen molar-refractivity contribution in [1.29, 1.82) is 0 Å². The molecule has 1 heterocycles. The Morgan fingerprint density at radius 2 is 1.73 bits per heavy atom. The number of benzene rings is 3. The number of fused-ring (bicyclic) bond motifs is 1. The van der Waals surface area contributed by atoms with E-state index in [1.165, 1.54) is 18.2 Å². The number of alkyl halides is 4. The molecule has 3 aromatic carbocycles. The largest absolute Gasteiger partial charge is 0.435 e. The van der Waals surface area contributed by atoms with Crippen molar-refractivity contribution in [3.8, 4) is 0 Å². The van der Waals surface area contributed by atoms with Crippen LogP contribution in [0.25, 0.3) is 10.8 Å². The van der Waals surface area contributed by atoms with E-state index in [4.69, 9.17) is 28.0 Å². The summed E-state index contributed by atoms with van der Waals surface area (Å²) in [5.74, 6) is -0.488. The minimum atomic E-state index is -4.83. The molecule has 1 atom stereocenters. The third kappa shape index (κ3) is 4.25. The van der Waals surface area contributed by atoms with Gasteiger partial charge in [-0.05, 0) is 35.0 Å². The molecule has 10 heteroatoms. The highest BCUT2D eigenvalue weighted by Crippen LogP contribution is 2.50. The van der Waals surface area contributed by atoms with E-state index < -0.39 is 30.8 Å². The van der Waals surface area contributed by atoms with Crippen molar-refractivity contribution in [2.24, 2.45) is 5.16 Å². The second-order valence-electron chi connectivity index (χ2n) is 7.44. The topological polar surface area (TPSA) is 50.7 Å². The molecule has 1 N–H and O–H groups in total. The number of rotatable bonds is 5. The van der Waals surface area contributed by atoms with Gasteiger partial charge in [0, 0.05) is 39.7 Å². The van der Waals surface area contributed by atoms with Gasteiger partial charge in [-0.25, -0.2) is 4.39 Å². The first-order valence-electron chi connectivity index (χ1n) is 9.81. The Labute approximate surface area is 196 Å². The maximum absolute atomic E-state index is 14.3. The Morgan fingerprint density at radius 3 is 2.36 bits per heavy atom. The molecule has 0 saturated heterocycles. The van der Waals surface area contributed by atoms with E-state index in [1.54, 1.807) is 24.3 Å². The highest BCUT2D eigenvalue weighted by molar-refractivity contribution is 6.34. The number of amides is 1. The summed E-state index contributed by atoms with van der Waals surface area (Å²) in [6, 6.07) is 13.3. The van der Waals surface area contributed by atoms with E-state index in [0.717, 1.165) is 12.1 Å². The van der Waals surface area contributed by atoms with Gasteiger partial charge >= 0.3 is 6.18 Å². The Bertz CT molecular complexity index is 1240. The number of nitrogens with one attached hydrogen (secondary N) is 1. The molecular formula is C23H16Cl2F4N2O2. The van der Waals surface area contributed by atoms with Crippen molar-refractivity contribution < 1.29 is 27.2 Å². The Morgan fingerprint density at radius 1 is 1.06 bits per heavy atom. The van der Waals surface area contributed by atoms with E-state index >= 15 is 0 Å². The fourth-order valence-electron chi connectivity index (χ4n) is 3.84. The number of oxime groups is 1. The van der Waals surface area contributed by atoms with E-state index in [9.17, 15) is 22.4 Å². The molecule has 0 fully saturated rings. The van der Waals surface area contributed by atoms with Crippen LogP contribution in [-0.2, 0) is 10.4 Å². The molecule has 1 amide bonds. The third-order valence-electron chi connectivity index (χ3n) is 5.37. The van der Waals surface area contributed by atoms with Crippen molar-refractivity contribution in [2.45, 2.75) is 18.2 Å². The van der Waals surface area contributed by atoms with Gasteiger partial charge in [0.05, 0.1) is 5.71 Å². The molecule has 4 nitrogen and oxygen atoms in total. The van der Waals surface area contributed by atoms with Crippen LogP contribution in [0.2, 0.25) is 10.0 Å². The van der Waals surface area contributed by atoms with Crippen LogP contribution in [0.15, 0.2) is 59.8 Å². The number of hydrogen-bond acceptors (Lipinski definition) is 3. The van der Waals surface area contributed by atoms with Gasteiger partial charge < -0.3 is 10.2 Å². The van der Waals surface area contributed by atoms with Gasteiger partial charge in [0.2, 0.25) is 0 Å². The zero-order valence-corrected chi connectivity index (χ0v) is 18.4. The van der Waals surface area contributed by atoms with Gasteiger partial charge in [0.25, 0.3) is 11.5 Å². The average molecular weight is 499 g/mol. The zero-order valence-electron chi connectivity index (χ0n) is 16.8. The monoisotopic (exact) mass is 498 g/mol. The van der Waals surface area contributed by atoms with Gasteiger partial charge in [-0.2, -0.15) is 13.2 Å². The average Bonchev–Trinajstić information content (AvgIpc) is 3.23. The molecule has 0 radical (unpaired) electrons. The number of hydrogen-bond donors (Lipinski definition) is 1. The molecule has 172 valence electrons. The summed E-state index contributed by atoms with van der Waals surface area (Å²) in [5, 5.41) is 7.32. The van der Waals surface area contributed by atoms with E-state index in [0.29, 0.717) is 16.3 Å². The van der Waals surface area contributed by atoms with Crippen molar-refractivity contribution in [1.82, 2.24) is 5.32 Å². The number of nitrogens with zero attached hydrogens (tertiary/aromatic N) is 1. The van der Waals surface area contributed by atoms with Crippen molar-refractivity contribution in [2.75, 3.05) is 13.2 Å². The Kier molecular flexibility index (Phi) is 6.24. The lowest BCUT2D eigenvalue weighted by molar-refractivity contribution is -0.275. The quantitative estimate of drug-likeness (QED) is 0.412. The summed E-state index contributed by atoms with van der Waals surface area (Å²) in [7, 11) is 0. The van der Waals surface area contributed by atoms with Crippen LogP contribution in [0.4, 0.5) is 17.6 Å². The fraction of sp³-hybridized carbons (Fsp3) is 0.217. The van der Waals surface area contributed by atoms with Crippen molar-refractivity contribution in [3.05, 3.63) is 81.3 Å². The second-order valence-corrected chi connectivity index (χ2v) is 8.31. The molecule has 0 spiro atoms. The van der Waals surface area contributed by atoms with Crippen LogP contribution in [0.1, 0.15) is 27.9 Å². The number of halogens is 6. The zero-order chi connectivity index (χ0) is 23.8. The van der Waals surface area contributed by atoms with Gasteiger partial charge in [-0.15, -0.1) is 0 Å².